The van der Waals surface area contributed by atoms with Crippen molar-refractivity contribution < 1.29 is 14.7 Å². The topological polar surface area (TPSA) is 60.9 Å². The molecule has 5 nitrogen and oxygen atoms in total. The zero-order chi connectivity index (χ0) is 20.6. The van der Waals surface area contributed by atoms with Gasteiger partial charge in [0.25, 0.3) is 11.8 Å². The van der Waals surface area contributed by atoms with Crippen molar-refractivity contribution in [3.63, 3.8) is 0 Å². The molecule has 0 unspecified atom stereocenters. The Balaban J connectivity index is 2.19. The van der Waals surface area contributed by atoms with Gasteiger partial charge in [-0.1, -0.05) is 41.5 Å². The summed E-state index contributed by atoms with van der Waals surface area (Å²) >= 11 is 0. The van der Waals surface area contributed by atoms with E-state index in [-0.39, 0.29) is 25.0 Å². The quantitative estimate of drug-likeness (QED) is 0.812. The highest BCUT2D eigenvalue weighted by Crippen LogP contribution is 2.37. The van der Waals surface area contributed by atoms with E-state index in [0.717, 1.165) is 27.8 Å². The van der Waals surface area contributed by atoms with E-state index in [1.807, 2.05) is 64.1 Å². The number of likely N-dealkylation sites (N-methyl/N-ethyl adjacent to an activating group) is 1. The molecule has 1 aliphatic rings. The van der Waals surface area contributed by atoms with Crippen molar-refractivity contribution in [2.75, 3.05) is 25.1 Å². The van der Waals surface area contributed by atoms with Gasteiger partial charge in [0.1, 0.15) is 5.70 Å². The number of carbonyl (C=O) groups excluding carboxylic acids is 2. The first-order valence-corrected chi connectivity index (χ1v) is 9.36. The van der Waals surface area contributed by atoms with E-state index in [1.54, 1.807) is 11.9 Å². The maximum absolute atomic E-state index is 13.5. The number of anilines is 1. The second kappa shape index (κ2) is 7.60. The Morgan fingerprint density at radius 3 is 2.07 bits per heavy atom. The van der Waals surface area contributed by atoms with Gasteiger partial charge in [-0.05, 0) is 50.5 Å². The lowest BCUT2D eigenvalue weighted by atomic mass is 9.97. The van der Waals surface area contributed by atoms with Crippen molar-refractivity contribution in [2.45, 2.75) is 27.7 Å². The Labute approximate surface area is 165 Å². The molecule has 0 bridgehead atoms. The summed E-state index contributed by atoms with van der Waals surface area (Å²) in [7, 11) is 1.73. The van der Waals surface area contributed by atoms with Crippen LogP contribution in [-0.4, -0.2) is 42.0 Å². The third kappa shape index (κ3) is 3.34. The summed E-state index contributed by atoms with van der Waals surface area (Å²) in [5, 5.41) is 9.38. The first kappa shape index (κ1) is 19.8. The summed E-state index contributed by atoms with van der Waals surface area (Å²) < 4.78 is 0. The van der Waals surface area contributed by atoms with E-state index < -0.39 is 0 Å². The van der Waals surface area contributed by atoms with Crippen molar-refractivity contribution in [1.29, 1.82) is 0 Å². The highest BCUT2D eigenvalue weighted by Gasteiger charge is 2.42. The minimum absolute atomic E-state index is 0.106. The summed E-state index contributed by atoms with van der Waals surface area (Å²) in [6, 6.07) is 11.5. The van der Waals surface area contributed by atoms with Crippen molar-refractivity contribution >= 4 is 23.1 Å². The number of nitrogens with zero attached hydrogens (tertiary/aromatic N) is 2. The van der Waals surface area contributed by atoms with Gasteiger partial charge in [-0.25, -0.2) is 4.90 Å². The summed E-state index contributed by atoms with van der Waals surface area (Å²) in [4.78, 5) is 29.7. The first-order chi connectivity index (χ1) is 13.3. The van der Waals surface area contributed by atoms with Gasteiger partial charge in [0.15, 0.2) is 0 Å². The van der Waals surface area contributed by atoms with Crippen molar-refractivity contribution in [3.8, 4) is 0 Å². The Morgan fingerprint density at radius 2 is 1.50 bits per heavy atom. The van der Waals surface area contributed by atoms with E-state index in [2.05, 4.69) is 0 Å². The van der Waals surface area contributed by atoms with Gasteiger partial charge in [-0.2, -0.15) is 0 Å². The third-order valence-corrected chi connectivity index (χ3v) is 5.12. The first-order valence-electron chi connectivity index (χ1n) is 9.36. The molecule has 0 atom stereocenters. The average Bonchev–Trinajstić information content (AvgIpc) is 2.86. The average molecular weight is 378 g/mol. The zero-order valence-corrected chi connectivity index (χ0v) is 17.0. The molecule has 5 heteroatoms. The van der Waals surface area contributed by atoms with Crippen LogP contribution in [0, 0.1) is 27.7 Å². The Morgan fingerprint density at radius 1 is 0.893 bits per heavy atom. The maximum atomic E-state index is 13.5. The standard InChI is InChI=1S/C23H26N2O3/c1-14-6-8-18(16(3)12-14)20-21(24(5)10-11-26)23(28)25(22(20)27)19-9-7-15(2)13-17(19)4/h6-9,12-13,26H,10-11H2,1-5H3. The van der Waals surface area contributed by atoms with Gasteiger partial charge in [0, 0.05) is 13.6 Å². The molecule has 0 radical (unpaired) electrons. The molecule has 2 amide bonds. The lowest BCUT2D eigenvalue weighted by Crippen LogP contribution is -2.35. The number of amides is 2. The van der Waals surface area contributed by atoms with Crippen LogP contribution in [0.5, 0.6) is 0 Å². The van der Waals surface area contributed by atoms with Gasteiger partial charge >= 0.3 is 0 Å². The van der Waals surface area contributed by atoms with Crippen LogP contribution < -0.4 is 4.90 Å². The molecular formula is C23H26N2O3. The van der Waals surface area contributed by atoms with Crippen LogP contribution in [0.1, 0.15) is 27.8 Å². The Bertz CT molecular complexity index is 991. The molecule has 2 aromatic rings. The van der Waals surface area contributed by atoms with Crippen molar-refractivity contribution in [2.24, 2.45) is 0 Å². The predicted octanol–water partition coefficient (Wildman–Crippen LogP) is 3.13. The highest BCUT2D eigenvalue weighted by atomic mass is 16.3. The third-order valence-electron chi connectivity index (χ3n) is 5.12. The molecule has 0 fully saturated rings. The number of aliphatic hydroxyl groups excluding tert-OH is 1. The zero-order valence-electron chi connectivity index (χ0n) is 17.0. The van der Waals surface area contributed by atoms with Crippen LogP contribution >= 0.6 is 0 Å². The highest BCUT2D eigenvalue weighted by molar-refractivity contribution is 6.45. The fourth-order valence-corrected chi connectivity index (χ4v) is 3.75. The molecule has 0 spiro atoms. The number of aliphatic hydroxyl groups is 1. The van der Waals surface area contributed by atoms with E-state index >= 15 is 0 Å². The normalized spacial score (nSPS) is 14.3. The summed E-state index contributed by atoms with van der Waals surface area (Å²) in [6.45, 7) is 7.97. The lowest BCUT2D eigenvalue weighted by molar-refractivity contribution is -0.120. The second-order valence-corrected chi connectivity index (χ2v) is 7.42. The van der Waals surface area contributed by atoms with Crippen LogP contribution in [0.15, 0.2) is 42.1 Å². The van der Waals surface area contributed by atoms with E-state index in [9.17, 15) is 14.7 Å². The molecule has 2 aromatic carbocycles. The van der Waals surface area contributed by atoms with Crippen molar-refractivity contribution in [1.82, 2.24) is 4.90 Å². The molecule has 146 valence electrons. The minimum atomic E-state index is -0.358. The number of imide groups is 1. The number of hydrogen-bond donors (Lipinski definition) is 1. The molecule has 1 heterocycles. The van der Waals surface area contributed by atoms with Gasteiger partial charge < -0.3 is 10.0 Å². The fourth-order valence-electron chi connectivity index (χ4n) is 3.75. The molecule has 0 aromatic heterocycles. The molecular weight excluding hydrogens is 352 g/mol. The summed E-state index contributed by atoms with van der Waals surface area (Å²) in [5.41, 5.74) is 6.02. The number of rotatable bonds is 5. The SMILES string of the molecule is Cc1ccc(C2=C(N(C)CCO)C(=O)N(c3ccc(C)cc3C)C2=O)c(C)c1. The van der Waals surface area contributed by atoms with Crippen LogP contribution in [0.25, 0.3) is 5.57 Å². The maximum Gasteiger partial charge on any atom is 0.282 e. The van der Waals surface area contributed by atoms with Gasteiger partial charge in [0.05, 0.1) is 17.9 Å². The Kier molecular flexibility index (Phi) is 5.38. The van der Waals surface area contributed by atoms with Gasteiger partial charge in [-0.15, -0.1) is 0 Å². The number of hydrogen-bond acceptors (Lipinski definition) is 4. The van der Waals surface area contributed by atoms with Crippen LogP contribution in [-0.2, 0) is 9.59 Å². The van der Waals surface area contributed by atoms with E-state index in [0.29, 0.717) is 17.0 Å². The predicted molar refractivity (Wildman–Crippen MR) is 111 cm³/mol. The van der Waals surface area contributed by atoms with Gasteiger partial charge in [-0.3, -0.25) is 9.59 Å². The molecule has 3 rings (SSSR count). The van der Waals surface area contributed by atoms with Crippen LogP contribution in [0.4, 0.5) is 5.69 Å². The molecule has 0 aliphatic carbocycles. The molecule has 28 heavy (non-hydrogen) atoms. The molecule has 1 aliphatic heterocycles. The smallest absolute Gasteiger partial charge is 0.282 e. The van der Waals surface area contributed by atoms with Crippen LogP contribution in [0.3, 0.4) is 0 Å². The summed E-state index contributed by atoms with van der Waals surface area (Å²) in [5.74, 6) is -0.688. The monoisotopic (exact) mass is 378 g/mol. The van der Waals surface area contributed by atoms with E-state index in [1.165, 1.54) is 4.90 Å². The molecule has 1 N–H and O–H groups in total. The largest absolute Gasteiger partial charge is 0.395 e. The van der Waals surface area contributed by atoms with Gasteiger partial charge in [0.2, 0.25) is 0 Å². The molecule has 0 saturated heterocycles. The lowest BCUT2D eigenvalue weighted by Gasteiger charge is -2.21. The Hall–Kier alpha value is -2.92. The summed E-state index contributed by atoms with van der Waals surface area (Å²) in [6.07, 6.45) is 0. The number of aryl methyl sites for hydroxylation is 4. The van der Waals surface area contributed by atoms with Crippen molar-refractivity contribution in [3.05, 3.63) is 69.9 Å². The molecule has 0 saturated carbocycles. The number of carbonyl (C=O) groups is 2. The fraction of sp³-hybridized carbons (Fsp3) is 0.304. The minimum Gasteiger partial charge on any atom is -0.395 e. The van der Waals surface area contributed by atoms with Crippen LogP contribution in [0.2, 0.25) is 0 Å². The van der Waals surface area contributed by atoms with E-state index in [4.69, 9.17) is 0 Å². The second-order valence-electron chi connectivity index (χ2n) is 7.42. The number of benzene rings is 2.